The van der Waals surface area contributed by atoms with Crippen molar-refractivity contribution in [3.63, 3.8) is 0 Å². The Bertz CT molecular complexity index is 475. The highest BCUT2D eigenvalue weighted by atomic mass is 15.1. The third kappa shape index (κ3) is 3.48. The Kier molecular flexibility index (Phi) is 4.95. The Balaban J connectivity index is 2.21. The van der Waals surface area contributed by atoms with Crippen LogP contribution in [0.4, 0.5) is 5.82 Å². The molecule has 2 rings (SSSR count). The minimum Gasteiger partial charge on any atom is -0.383 e. The van der Waals surface area contributed by atoms with Gasteiger partial charge >= 0.3 is 0 Å². The van der Waals surface area contributed by atoms with Crippen molar-refractivity contribution in [1.82, 2.24) is 9.88 Å². The molecule has 0 atom stereocenters. The lowest BCUT2D eigenvalue weighted by Crippen LogP contribution is -2.33. The van der Waals surface area contributed by atoms with Crippen LogP contribution in [0.2, 0.25) is 0 Å². The van der Waals surface area contributed by atoms with Crippen LogP contribution in [0.15, 0.2) is 17.3 Å². The zero-order valence-electron chi connectivity index (χ0n) is 12.5. The second-order valence-electron chi connectivity index (χ2n) is 5.53. The van der Waals surface area contributed by atoms with E-state index in [9.17, 15) is 0 Å². The Morgan fingerprint density at radius 1 is 1.45 bits per heavy atom. The number of aryl methyl sites for hydroxylation is 1. The molecule has 1 fully saturated rings. The van der Waals surface area contributed by atoms with Crippen LogP contribution in [0.1, 0.15) is 37.3 Å². The predicted octanol–water partition coefficient (Wildman–Crippen LogP) is 1.42. The molecular weight excluding hydrogens is 250 g/mol. The number of nitrogens with zero attached hydrogens (tertiary/aromatic N) is 3. The fourth-order valence-corrected chi connectivity index (χ4v) is 2.68. The number of rotatable bonds is 4. The van der Waals surface area contributed by atoms with Crippen LogP contribution >= 0.6 is 0 Å². The number of hydrogen-bond acceptors (Lipinski definition) is 4. The molecule has 5 nitrogen and oxygen atoms in total. The van der Waals surface area contributed by atoms with Gasteiger partial charge in [-0.05, 0) is 51.0 Å². The van der Waals surface area contributed by atoms with Gasteiger partial charge < -0.3 is 16.4 Å². The van der Waals surface area contributed by atoms with Crippen molar-refractivity contribution in [1.29, 1.82) is 0 Å². The number of nitrogen functional groups attached to an aromatic ring is 1. The lowest BCUT2D eigenvalue weighted by atomic mass is 10.0. The molecule has 1 aromatic heterocycles. The predicted molar refractivity (Wildman–Crippen MR) is 83.9 cm³/mol. The van der Waals surface area contributed by atoms with Crippen LogP contribution in [0.5, 0.6) is 0 Å². The Morgan fingerprint density at radius 2 is 2.15 bits per heavy atom. The van der Waals surface area contributed by atoms with Crippen LogP contribution in [0, 0.1) is 0 Å². The van der Waals surface area contributed by atoms with E-state index < -0.39 is 0 Å². The molecule has 1 saturated heterocycles. The molecule has 0 aliphatic carbocycles. The summed E-state index contributed by atoms with van der Waals surface area (Å²) in [4.78, 5) is 11.2. The van der Waals surface area contributed by atoms with E-state index in [0.29, 0.717) is 17.7 Å². The number of aliphatic imine (C=N–C) groups is 1. The van der Waals surface area contributed by atoms with Gasteiger partial charge in [0.15, 0.2) is 0 Å². The first-order chi connectivity index (χ1) is 9.61. The summed E-state index contributed by atoms with van der Waals surface area (Å²) in [6, 6.07) is 2.30. The third-order valence-electron chi connectivity index (χ3n) is 3.85. The number of amidine groups is 1. The highest BCUT2D eigenvalue weighted by Crippen LogP contribution is 2.18. The standard InChI is InChI=1S/C15H25N5/c1-3-4-11-5-8-18-14(16)13(11)15(17)19-12-6-9-20(2)10-7-12/h5,8,12H,3-4,6-7,9-10H2,1-2H3,(H2,16,18)(H2,17,19). The molecule has 0 unspecified atom stereocenters. The maximum absolute atomic E-state index is 6.21. The Morgan fingerprint density at radius 3 is 2.80 bits per heavy atom. The van der Waals surface area contributed by atoms with Crippen LogP contribution in [-0.2, 0) is 6.42 Å². The quantitative estimate of drug-likeness (QED) is 0.643. The van der Waals surface area contributed by atoms with Gasteiger partial charge in [-0.25, -0.2) is 4.98 Å². The Hall–Kier alpha value is -1.62. The molecule has 0 bridgehead atoms. The van der Waals surface area contributed by atoms with E-state index in [1.165, 1.54) is 0 Å². The lowest BCUT2D eigenvalue weighted by molar-refractivity contribution is 0.257. The van der Waals surface area contributed by atoms with E-state index >= 15 is 0 Å². The Labute approximate surface area is 121 Å². The van der Waals surface area contributed by atoms with E-state index in [1.54, 1.807) is 6.20 Å². The summed E-state index contributed by atoms with van der Waals surface area (Å²) in [5.41, 5.74) is 14.2. The molecule has 0 saturated carbocycles. The first-order valence-electron chi connectivity index (χ1n) is 7.37. The van der Waals surface area contributed by atoms with Crippen LogP contribution < -0.4 is 11.5 Å². The minimum atomic E-state index is 0.306. The second kappa shape index (κ2) is 6.70. The van der Waals surface area contributed by atoms with E-state index in [0.717, 1.165) is 49.9 Å². The second-order valence-corrected chi connectivity index (χ2v) is 5.53. The summed E-state index contributed by atoms with van der Waals surface area (Å²) < 4.78 is 0. The minimum absolute atomic E-state index is 0.306. The first kappa shape index (κ1) is 14.8. The van der Waals surface area contributed by atoms with Gasteiger partial charge in [0.25, 0.3) is 0 Å². The summed E-state index contributed by atoms with van der Waals surface area (Å²) in [5.74, 6) is 1.04. The fourth-order valence-electron chi connectivity index (χ4n) is 2.68. The van der Waals surface area contributed by atoms with E-state index in [1.807, 2.05) is 6.07 Å². The highest BCUT2D eigenvalue weighted by Gasteiger charge is 2.18. The highest BCUT2D eigenvalue weighted by molar-refractivity contribution is 6.02. The van der Waals surface area contributed by atoms with Crippen LogP contribution in [-0.4, -0.2) is 41.9 Å². The zero-order valence-corrected chi connectivity index (χ0v) is 12.5. The summed E-state index contributed by atoms with van der Waals surface area (Å²) in [7, 11) is 2.14. The molecular formula is C15H25N5. The van der Waals surface area contributed by atoms with Crippen molar-refractivity contribution < 1.29 is 0 Å². The molecule has 1 aliphatic heterocycles. The van der Waals surface area contributed by atoms with Crippen molar-refractivity contribution in [3.8, 4) is 0 Å². The SMILES string of the molecule is CCCc1ccnc(N)c1C(N)=NC1CCN(C)CC1. The fraction of sp³-hybridized carbons (Fsp3) is 0.600. The molecule has 5 heteroatoms. The molecule has 0 amide bonds. The first-order valence-corrected chi connectivity index (χ1v) is 7.37. The topological polar surface area (TPSA) is 80.5 Å². The molecule has 20 heavy (non-hydrogen) atoms. The lowest BCUT2D eigenvalue weighted by Gasteiger charge is -2.27. The van der Waals surface area contributed by atoms with Crippen LogP contribution in [0.3, 0.4) is 0 Å². The molecule has 110 valence electrons. The number of nitrogens with two attached hydrogens (primary N) is 2. The van der Waals surface area contributed by atoms with Gasteiger partial charge in [0.05, 0.1) is 11.6 Å². The monoisotopic (exact) mass is 275 g/mol. The van der Waals surface area contributed by atoms with Gasteiger partial charge in [-0.3, -0.25) is 4.99 Å². The van der Waals surface area contributed by atoms with Gasteiger partial charge in [-0.1, -0.05) is 13.3 Å². The summed E-state index contributed by atoms with van der Waals surface area (Å²) in [6.07, 6.45) is 5.86. The van der Waals surface area contributed by atoms with Crippen molar-refractivity contribution in [2.24, 2.45) is 10.7 Å². The smallest absolute Gasteiger partial charge is 0.134 e. The van der Waals surface area contributed by atoms with Crippen molar-refractivity contribution >= 4 is 11.7 Å². The number of pyridine rings is 1. The van der Waals surface area contributed by atoms with Crippen molar-refractivity contribution in [2.75, 3.05) is 25.9 Å². The molecule has 0 aromatic carbocycles. The number of hydrogen-bond donors (Lipinski definition) is 2. The third-order valence-corrected chi connectivity index (χ3v) is 3.85. The van der Waals surface area contributed by atoms with Crippen molar-refractivity contribution in [2.45, 2.75) is 38.6 Å². The summed E-state index contributed by atoms with van der Waals surface area (Å²) in [5, 5.41) is 0. The normalized spacial score (nSPS) is 18.4. The molecule has 1 aromatic rings. The zero-order chi connectivity index (χ0) is 14.5. The van der Waals surface area contributed by atoms with Gasteiger partial charge in [-0.15, -0.1) is 0 Å². The molecule has 2 heterocycles. The average molecular weight is 275 g/mol. The molecule has 0 spiro atoms. The largest absolute Gasteiger partial charge is 0.383 e. The average Bonchev–Trinajstić information content (AvgIpc) is 2.42. The number of piperidine rings is 1. The summed E-state index contributed by atoms with van der Waals surface area (Å²) in [6.45, 7) is 4.29. The van der Waals surface area contributed by atoms with Gasteiger partial charge in [0.1, 0.15) is 11.7 Å². The maximum atomic E-state index is 6.21. The van der Waals surface area contributed by atoms with Gasteiger partial charge in [0, 0.05) is 6.20 Å². The molecule has 4 N–H and O–H groups in total. The van der Waals surface area contributed by atoms with Gasteiger partial charge in [-0.2, -0.15) is 0 Å². The van der Waals surface area contributed by atoms with Gasteiger partial charge in [0.2, 0.25) is 0 Å². The number of anilines is 1. The molecule has 0 radical (unpaired) electrons. The number of aromatic nitrogens is 1. The summed E-state index contributed by atoms with van der Waals surface area (Å²) >= 11 is 0. The molecule has 1 aliphatic rings. The van der Waals surface area contributed by atoms with E-state index in [4.69, 9.17) is 16.5 Å². The van der Waals surface area contributed by atoms with Crippen LogP contribution in [0.25, 0.3) is 0 Å². The number of likely N-dealkylation sites (tertiary alicyclic amines) is 1. The van der Waals surface area contributed by atoms with E-state index in [-0.39, 0.29) is 0 Å². The maximum Gasteiger partial charge on any atom is 0.134 e. The van der Waals surface area contributed by atoms with E-state index in [2.05, 4.69) is 23.9 Å². The van der Waals surface area contributed by atoms with Crippen molar-refractivity contribution in [3.05, 3.63) is 23.4 Å².